The van der Waals surface area contributed by atoms with E-state index in [1.165, 1.54) is 38.5 Å². The van der Waals surface area contributed by atoms with E-state index in [4.69, 9.17) is 0 Å². The maximum absolute atomic E-state index is 11.4. The fourth-order valence-electron chi connectivity index (χ4n) is 2.05. The molecule has 1 amide bonds. The van der Waals surface area contributed by atoms with Gasteiger partial charge in [-0.3, -0.25) is 4.79 Å². The first-order valence-electron chi connectivity index (χ1n) is 8.14. The van der Waals surface area contributed by atoms with Gasteiger partial charge in [0.25, 0.3) is 0 Å². The summed E-state index contributed by atoms with van der Waals surface area (Å²) < 4.78 is 0. The highest BCUT2D eigenvalue weighted by Gasteiger charge is 1.99. The van der Waals surface area contributed by atoms with E-state index in [9.17, 15) is 4.79 Å². The molecule has 2 N–H and O–H groups in total. The maximum Gasteiger partial charge on any atom is 0.233 e. The number of carbonyl (C=O) groups excluding carboxylic acids is 1. The van der Waals surface area contributed by atoms with E-state index in [1.54, 1.807) is 0 Å². The SMILES string of the molecule is CCCNCC(=O)NCCCCCCCCC(C)C. The molecule has 0 saturated carbocycles. The minimum Gasteiger partial charge on any atom is -0.355 e. The van der Waals surface area contributed by atoms with Gasteiger partial charge in [-0.2, -0.15) is 0 Å². The second-order valence-corrected chi connectivity index (χ2v) is 5.83. The number of unbranched alkanes of at least 4 members (excludes halogenated alkanes) is 5. The van der Waals surface area contributed by atoms with Gasteiger partial charge in [0, 0.05) is 6.54 Å². The second kappa shape index (κ2) is 13.9. The Hall–Kier alpha value is -0.570. The molecule has 0 fully saturated rings. The zero-order valence-electron chi connectivity index (χ0n) is 13.3. The third-order valence-corrected chi connectivity index (χ3v) is 3.24. The van der Waals surface area contributed by atoms with Crippen molar-refractivity contribution in [2.24, 2.45) is 5.92 Å². The Labute approximate surface area is 119 Å². The highest BCUT2D eigenvalue weighted by molar-refractivity contribution is 5.77. The summed E-state index contributed by atoms with van der Waals surface area (Å²) in [7, 11) is 0. The lowest BCUT2D eigenvalue weighted by atomic mass is 10.0. The Bertz CT molecular complexity index is 205. The van der Waals surface area contributed by atoms with Gasteiger partial charge in [-0.05, 0) is 25.3 Å². The predicted molar refractivity (Wildman–Crippen MR) is 83.3 cm³/mol. The molecular formula is C16H34N2O. The van der Waals surface area contributed by atoms with Crippen LogP contribution in [0.1, 0.15) is 72.1 Å². The molecule has 0 spiro atoms. The van der Waals surface area contributed by atoms with Crippen molar-refractivity contribution in [2.45, 2.75) is 72.1 Å². The molecule has 3 heteroatoms. The quantitative estimate of drug-likeness (QED) is 0.503. The molecule has 19 heavy (non-hydrogen) atoms. The van der Waals surface area contributed by atoms with Crippen LogP contribution in [0, 0.1) is 5.92 Å². The van der Waals surface area contributed by atoms with Crippen LogP contribution in [-0.4, -0.2) is 25.5 Å². The molecule has 3 nitrogen and oxygen atoms in total. The lowest BCUT2D eigenvalue weighted by Gasteiger charge is -2.06. The molecule has 0 saturated heterocycles. The molecule has 0 aliphatic rings. The average Bonchev–Trinajstić information content (AvgIpc) is 2.36. The second-order valence-electron chi connectivity index (χ2n) is 5.83. The Morgan fingerprint density at radius 2 is 1.58 bits per heavy atom. The van der Waals surface area contributed by atoms with Gasteiger partial charge in [-0.1, -0.05) is 59.3 Å². The largest absolute Gasteiger partial charge is 0.355 e. The van der Waals surface area contributed by atoms with Crippen LogP contribution in [0.3, 0.4) is 0 Å². The molecule has 0 aliphatic carbocycles. The van der Waals surface area contributed by atoms with Gasteiger partial charge in [0.15, 0.2) is 0 Å². The topological polar surface area (TPSA) is 41.1 Å². The van der Waals surface area contributed by atoms with E-state index in [0.29, 0.717) is 6.54 Å². The normalized spacial score (nSPS) is 10.9. The van der Waals surface area contributed by atoms with Crippen LogP contribution in [0.15, 0.2) is 0 Å². The van der Waals surface area contributed by atoms with Crippen molar-refractivity contribution in [1.82, 2.24) is 10.6 Å². The zero-order chi connectivity index (χ0) is 14.3. The first-order chi connectivity index (χ1) is 9.16. The summed E-state index contributed by atoms with van der Waals surface area (Å²) in [4.78, 5) is 11.4. The molecule has 0 unspecified atom stereocenters. The molecule has 0 bridgehead atoms. The first kappa shape index (κ1) is 18.4. The molecule has 0 aromatic carbocycles. The van der Waals surface area contributed by atoms with Crippen LogP contribution >= 0.6 is 0 Å². The van der Waals surface area contributed by atoms with E-state index in [-0.39, 0.29) is 5.91 Å². The van der Waals surface area contributed by atoms with Crippen LogP contribution in [0.5, 0.6) is 0 Å². The Morgan fingerprint density at radius 3 is 2.21 bits per heavy atom. The fraction of sp³-hybridized carbons (Fsp3) is 0.938. The van der Waals surface area contributed by atoms with Gasteiger partial charge >= 0.3 is 0 Å². The molecule has 0 radical (unpaired) electrons. The summed E-state index contributed by atoms with van der Waals surface area (Å²) >= 11 is 0. The van der Waals surface area contributed by atoms with Crippen molar-refractivity contribution >= 4 is 5.91 Å². The number of amides is 1. The average molecular weight is 270 g/mol. The standard InChI is InChI=1S/C16H34N2O/c1-4-12-17-14-16(19)18-13-10-8-6-5-7-9-11-15(2)3/h15,17H,4-14H2,1-3H3,(H,18,19). The van der Waals surface area contributed by atoms with Crippen molar-refractivity contribution in [3.05, 3.63) is 0 Å². The van der Waals surface area contributed by atoms with E-state index in [1.807, 2.05) is 0 Å². The van der Waals surface area contributed by atoms with Gasteiger partial charge in [0.2, 0.25) is 5.91 Å². The summed E-state index contributed by atoms with van der Waals surface area (Å²) in [6.07, 6.45) is 10.2. The lowest BCUT2D eigenvalue weighted by Crippen LogP contribution is -2.34. The molecule has 0 aromatic heterocycles. The lowest BCUT2D eigenvalue weighted by molar-refractivity contribution is -0.120. The highest BCUT2D eigenvalue weighted by atomic mass is 16.1. The number of nitrogens with one attached hydrogen (secondary N) is 2. The fourth-order valence-corrected chi connectivity index (χ4v) is 2.05. The van der Waals surface area contributed by atoms with Crippen LogP contribution in [0.2, 0.25) is 0 Å². The number of carbonyl (C=O) groups is 1. The van der Waals surface area contributed by atoms with Crippen molar-refractivity contribution in [2.75, 3.05) is 19.6 Å². The van der Waals surface area contributed by atoms with Crippen molar-refractivity contribution < 1.29 is 4.79 Å². The molecule has 0 aliphatic heterocycles. The maximum atomic E-state index is 11.4. The summed E-state index contributed by atoms with van der Waals surface area (Å²) in [6, 6.07) is 0. The van der Waals surface area contributed by atoms with Gasteiger partial charge in [-0.15, -0.1) is 0 Å². The van der Waals surface area contributed by atoms with Crippen LogP contribution in [-0.2, 0) is 4.79 Å². The Kier molecular flexibility index (Phi) is 13.4. The minimum absolute atomic E-state index is 0.130. The zero-order valence-corrected chi connectivity index (χ0v) is 13.3. The van der Waals surface area contributed by atoms with E-state index < -0.39 is 0 Å². The summed E-state index contributed by atoms with van der Waals surface area (Å²) in [6.45, 7) is 8.90. The number of hydrogen-bond acceptors (Lipinski definition) is 2. The van der Waals surface area contributed by atoms with E-state index >= 15 is 0 Å². The van der Waals surface area contributed by atoms with Gasteiger partial charge in [0.05, 0.1) is 6.54 Å². The first-order valence-corrected chi connectivity index (χ1v) is 8.14. The molecule has 0 rings (SSSR count). The van der Waals surface area contributed by atoms with Crippen molar-refractivity contribution in [3.63, 3.8) is 0 Å². The molecule has 0 heterocycles. The Balaban J connectivity index is 3.11. The third-order valence-electron chi connectivity index (χ3n) is 3.24. The summed E-state index contributed by atoms with van der Waals surface area (Å²) in [5, 5.41) is 6.06. The van der Waals surface area contributed by atoms with Crippen LogP contribution < -0.4 is 10.6 Å². The highest BCUT2D eigenvalue weighted by Crippen LogP contribution is 2.10. The predicted octanol–water partition coefficient (Wildman–Crippen LogP) is 3.49. The molecule has 0 aromatic rings. The molecule has 114 valence electrons. The minimum atomic E-state index is 0.130. The third kappa shape index (κ3) is 15.4. The van der Waals surface area contributed by atoms with Crippen LogP contribution in [0.4, 0.5) is 0 Å². The summed E-state index contributed by atoms with van der Waals surface area (Å²) in [5.41, 5.74) is 0. The molecule has 0 atom stereocenters. The smallest absolute Gasteiger partial charge is 0.233 e. The monoisotopic (exact) mass is 270 g/mol. The van der Waals surface area contributed by atoms with Crippen LogP contribution in [0.25, 0.3) is 0 Å². The van der Waals surface area contributed by atoms with Gasteiger partial charge < -0.3 is 10.6 Å². The van der Waals surface area contributed by atoms with E-state index in [0.717, 1.165) is 31.8 Å². The number of rotatable bonds is 13. The molecular weight excluding hydrogens is 236 g/mol. The number of hydrogen-bond donors (Lipinski definition) is 2. The van der Waals surface area contributed by atoms with Gasteiger partial charge in [-0.25, -0.2) is 0 Å². The Morgan fingerprint density at radius 1 is 0.947 bits per heavy atom. The van der Waals surface area contributed by atoms with Crippen molar-refractivity contribution in [3.8, 4) is 0 Å². The van der Waals surface area contributed by atoms with Gasteiger partial charge in [0.1, 0.15) is 0 Å². The van der Waals surface area contributed by atoms with Crippen molar-refractivity contribution in [1.29, 1.82) is 0 Å². The van der Waals surface area contributed by atoms with E-state index in [2.05, 4.69) is 31.4 Å². The summed E-state index contributed by atoms with van der Waals surface area (Å²) in [5.74, 6) is 0.974.